The number of carbonyl (C=O) groups is 2. The number of carbonyl (C=O) groups excluding carboxylic acids is 2. The molecule has 33 heavy (non-hydrogen) atoms. The van der Waals surface area contributed by atoms with Crippen molar-refractivity contribution in [3.05, 3.63) is 78.6 Å². The number of ether oxygens (including phenoxy) is 1. The van der Waals surface area contributed by atoms with Gasteiger partial charge in [0.05, 0.1) is 17.7 Å². The summed E-state index contributed by atoms with van der Waals surface area (Å²) in [5, 5.41) is 5.25. The van der Waals surface area contributed by atoms with Crippen molar-refractivity contribution >= 4 is 38.9 Å². The minimum Gasteiger partial charge on any atom is -0.497 e. The van der Waals surface area contributed by atoms with Crippen molar-refractivity contribution in [1.82, 2.24) is 0 Å². The summed E-state index contributed by atoms with van der Waals surface area (Å²) in [6, 6.07) is 16.9. The number of hydrogen-bond acceptors (Lipinski definition) is 5. The summed E-state index contributed by atoms with van der Waals surface area (Å²) < 4.78 is 45.9. The lowest BCUT2D eigenvalue weighted by atomic mass is 10.2. The van der Waals surface area contributed by atoms with Gasteiger partial charge in [0.2, 0.25) is 11.8 Å². The van der Waals surface area contributed by atoms with Gasteiger partial charge in [0, 0.05) is 18.3 Å². The van der Waals surface area contributed by atoms with Crippen molar-refractivity contribution in [1.29, 1.82) is 0 Å². The summed E-state index contributed by atoms with van der Waals surface area (Å²) in [6.07, 6.45) is 0. The Morgan fingerprint density at radius 3 is 1.94 bits per heavy atom. The molecule has 10 heteroatoms. The molecule has 0 aliphatic carbocycles. The van der Waals surface area contributed by atoms with Crippen LogP contribution in [0.5, 0.6) is 5.75 Å². The molecule has 0 fully saturated rings. The largest absolute Gasteiger partial charge is 0.497 e. The lowest BCUT2D eigenvalue weighted by Crippen LogP contribution is -2.38. The van der Waals surface area contributed by atoms with Crippen LogP contribution in [0.1, 0.15) is 6.92 Å². The fourth-order valence-corrected chi connectivity index (χ4v) is 4.39. The van der Waals surface area contributed by atoms with E-state index in [9.17, 15) is 22.4 Å². The van der Waals surface area contributed by atoms with Crippen LogP contribution >= 0.6 is 0 Å². The van der Waals surface area contributed by atoms with Gasteiger partial charge in [-0.15, -0.1) is 0 Å². The van der Waals surface area contributed by atoms with Crippen molar-refractivity contribution in [3.8, 4) is 5.75 Å². The molecule has 0 aliphatic heterocycles. The maximum atomic E-state index is 13.3. The molecule has 2 N–H and O–H groups in total. The molecule has 0 bridgehead atoms. The van der Waals surface area contributed by atoms with E-state index in [2.05, 4.69) is 10.6 Å². The van der Waals surface area contributed by atoms with Crippen molar-refractivity contribution < 1.29 is 27.1 Å². The maximum Gasteiger partial charge on any atom is 0.264 e. The third kappa shape index (κ3) is 6.07. The molecule has 0 radical (unpaired) electrons. The molecule has 3 aromatic carbocycles. The average Bonchev–Trinajstić information content (AvgIpc) is 2.79. The van der Waals surface area contributed by atoms with Crippen LogP contribution in [-0.4, -0.2) is 33.9 Å². The number of nitrogens with zero attached hydrogens (tertiary/aromatic N) is 1. The molecule has 8 nitrogen and oxygen atoms in total. The van der Waals surface area contributed by atoms with Crippen LogP contribution in [0.25, 0.3) is 0 Å². The monoisotopic (exact) mass is 471 g/mol. The molecule has 0 heterocycles. The number of amides is 2. The molecule has 3 rings (SSSR count). The fraction of sp³-hybridized carbons (Fsp3) is 0.130. The highest BCUT2D eigenvalue weighted by Crippen LogP contribution is 2.26. The molecule has 0 atom stereocenters. The molecule has 2 amide bonds. The van der Waals surface area contributed by atoms with Crippen molar-refractivity contribution in [3.63, 3.8) is 0 Å². The number of hydrogen-bond donors (Lipinski definition) is 2. The maximum absolute atomic E-state index is 13.3. The molecular formula is C23H22FN3O5S. The van der Waals surface area contributed by atoms with Gasteiger partial charge in [-0.2, -0.15) is 0 Å². The second-order valence-electron chi connectivity index (χ2n) is 6.97. The molecule has 0 saturated heterocycles. The first kappa shape index (κ1) is 23.7. The Balaban J connectivity index is 1.86. The standard InChI is InChI=1S/C23H22FN3O5S/c1-16(28)25-18-5-7-19(8-6-18)26-23(29)15-27(20-9-11-21(32-2)12-10-20)33(30,31)22-13-3-17(24)4-14-22/h3-14H,15H2,1-2H3,(H,25,28)(H,26,29). The number of rotatable bonds is 8. The lowest BCUT2D eigenvalue weighted by Gasteiger charge is -2.24. The van der Waals surface area contributed by atoms with E-state index < -0.39 is 28.3 Å². The van der Waals surface area contributed by atoms with Gasteiger partial charge in [0.1, 0.15) is 18.1 Å². The Bertz CT molecular complexity index is 1230. The smallest absolute Gasteiger partial charge is 0.264 e. The van der Waals surface area contributed by atoms with E-state index in [1.165, 1.54) is 26.2 Å². The lowest BCUT2D eigenvalue weighted by molar-refractivity contribution is -0.115. The van der Waals surface area contributed by atoms with Gasteiger partial charge >= 0.3 is 0 Å². The normalized spacial score (nSPS) is 10.9. The second-order valence-corrected chi connectivity index (χ2v) is 8.83. The minimum atomic E-state index is -4.18. The average molecular weight is 472 g/mol. The van der Waals surface area contributed by atoms with Crippen molar-refractivity contribution in [2.45, 2.75) is 11.8 Å². The third-order valence-corrected chi connectivity index (χ3v) is 6.33. The van der Waals surface area contributed by atoms with E-state index in [0.29, 0.717) is 17.1 Å². The van der Waals surface area contributed by atoms with E-state index in [-0.39, 0.29) is 16.5 Å². The SMILES string of the molecule is COc1ccc(N(CC(=O)Nc2ccc(NC(C)=O)cc2)S(=O)(=O)c2ccc(F)cc2)cc1. The number of sulfonamides is 1. The van der Waals surface area contributed by atoms with Gasteiger partial charge in [-0.3, -0.25) is 13.9 Å². The predicted octanol–water partition coefficient (Wildman–Crippen LogP) is 3.63. The van der Waals surface area contributed by atoms with Crippen LogP contribution in [0.3, 0.4) is 0 Å². The molecular weight excluding hydrogens is 449 g/mol. The first-order valence-corrected chi connectivity index (χ1v) is 11.2. The van der Waals surface area contributed by atoms with Gasteiger partial charge in [-0.05, 0) is 72.8 Å². The zero-order chi connectivity index (χ0) is 24.0. The van der Waals surface area contributed by atoms with Gasteiger partial charge in [0.25, 0.3) is 10.0 Å². The number of methoxy groups -OCH3 is 1. The molecule has 3 aromatic rings. The minimum absolute atomic E-state index is 0.160. The number of benzene rings is 3. The van der Waals surface area contributed by atoms with E-state index in [1.807, 2.05) is 0 Å². The molecule has 0 spiro atoms. The molecule has 0 aromatic heterocycles. The van der Waals surface area contributed by atoms with Gasteiger partial charge in [-0.25, -0.2) is 12.8 Å². The van der Waals surface area contributed by atoms with E-state index in [1.54, 1.807) is 36.4 Å². The fourth-order valence-electron chi connectivity index (χ4n) is 2.97. The topological polar surface area (TPSA) is 105 Å². The highest BCUT2D eigenvalue weighted by atomic mass is 32.2. The van der Waals surface area contributed by atoms with E-state index in [0.717, 1.165) is 28.6 Å². The van der Waals surface area contributed by atoms with Gasteiger partial charge < -0.3 is 15.4 Å². The van der Waals surface area contributed by atoms with Crippen molar-refractivity contribution in [2.75, 3.05) is 28.6 Å². The summed E-state index contributed by atoms with van der Waals surface area (Å²) in [6.45, 7) is 0.852. The van der Waals surface area contributed by atoms with Crippen LogP contribution in [0.15, 0.2) is 77.7 Å². The summed E-state index contributed by atoms with van der Waals surface area (Å²) >= 11 is 0. The zero-order valence-electron chi connectivity index (χ0n) is 17.9. The van der Waals surface area contributed by atoms with Crippen LogP contribution in [0.4, 0.5) is 21.5 Å². The van der Waals surface area contributed by atoms with Crippen LogP contribution < -0.4 is 19.7 Å². The van der Waals surface area contributed by atoms with Gasteiger partial charge in [0.15, 0.2) is 0 Å². The van der Waals surface area contributed by atoms with E-state index >= 15 is 0 Å². The van der Waals surface area contributed by atoms with Crippen LogP contribution in [-0.2, 0) is 19.6 Å². The summed E-state index contributed by atoms with van der Waals surface area (Å²) in [4.78, 5) is 23.7. The Morgan fingerprint density at radius 1 is 0.879 bits per heavy atom. The second kappa shape index (κ2) is 10.1. The van der Waals surface area contributed by atoms with Crippen LogP contribution in [0, 0.1) is 5.82 Å². The molecule has 172 valence electrons. The number of anilines is 3. The molecule has 0 saturated carbocycles. The molecule has 0 unspecified atom stereocenters. The third-order valence-electron chi connectivity index (χ3n) is 4.54. The summed E-state index contributed by atoms with van der Waals surface area (Å²) in [5.74, 6) is -0.885. The first-order chi connectivity index (χ1) is 15.7. The first-order valence-electron chi connectivity index (χ1n) is 9.79. The highest BCUT2D eigenvalue weighted by Gasteiger charge is 2.27. The summed E-state index contributed by atoms with van der Waals surface area (Å²) in [7, 11) is -2.70. The predicted molar refractivity (Wildman–Crippen MR) is 123 cm³/mol. The number of halogens is 1. The Hall–Kier alpha value is -3.92. The quantitative estimate of drug-likeness (QED) is 0.522. The van der Waals surface area contributed by atoms with Crippen molar-refractivity contribution in [2.24, 2.45) is 0 Å². The highest BCUT2D eigenvalue weighted by molar-refractivity contribution is 7.92. The van der Waals surface area contributed by atoms with Gasteiger partial charge in [-0.1, -0.05) is 0 Å². The Morgan fingerprint density at radius 2 is 1.42 bits per heavy atom. The Labute approximate surface area is 191 Å². The molecule has 0 aliphatic rings. The zero-order valence-corrected chi connectivity index (χ0v) is 18.7. The van der Waals surface area contributed by atoms with E-state index in [4.69, 9.17) is 4.74 Å². The van der Waals surface area contributed by atoms with Crippen LogP contribution in [0.2, 0.25) is 0 Å². The number of nitrogens with one attached hydrogen (secondary N) is 2. The summed E-state index contributed by atoms with van der Waals surface area (Å²) in [5.41, 5.74) is 1.21. The Kier molecular flexibility index (Phi) is 7.29.